The van der Waals surface area contributed by atoms with Gasteiger partial charge < -0.3 is 5.32 Å². The fraction of sp³-hybridized carbons (Fsp3) is 0.286. The third-order valence-electron chi connectivity index (χ3n) is 1.21. The Bertz CT molecular complexity index is 242. The van der Waals surface area contributed by atoms with Gasteiger partial charge in [0.15, 0.2) is 0 Å². The van der Waals surface area contributed by atoms with Crippen LogP contribution in [-0.4, -0.2) is 22.9 Å². The first kappa shape index (κ1) is 7.65. The molecule has 0 radical (unpaired) electrons. The fourth-order valence-electron chi connectivity index (χ4n) is 0.605. The van der Waals surface area contributed by atoms with Crippen molar-refractivity contribution in [2.75, 3.05) is 12.4 Å². The maximum atomic E-state index is 4.01. The van der Waals surface area contributed by atoms with Crippen LogP contribution in [0.5, 0.6) is 0 Å². The third-order valence-corrected chi connectivity index (χ3v) is 1.21. The first-order valence-corrected chi connectivity index (χ1v) is 3.29. The zero-order valence-electron chi connectivity index (χ0n) is 6.57. The molecule has 0 fully saturated rings. The minimum Gasteiger partial charge on any atom is -0.328 e. The molecule has 1 rings (SSSR count). The van der Waals surface area contributed by atoms with E-state index in [2.05, 4.69) is 20.3 Å². The van der Waals surface area contributed by atoms with Crippen molar-refractivity contribution in [2.45, 2.75) is 6.92 Å². The monoisotopic (exact) mass is 150 g/mol. The Morgan fingerprint density at radius 2 is 2.36 bits per heavy atom. The van der Waals surface area contributed by atoms with Crippen molar-refractivity contribution in [1.29, 1.82) is 0 Å². The molecule has 0 saturated heterocycles. The maximum absolute atomic E-state index is 4.01. The van der Waals surface area contributed by atoms with E-state index in [1.165, 1.54) is 0 Å². The quantitative estimate of drug-likeness (QED) is 0.478. The Labute approximate surface area is 65.4 Å². The van der Waals surface area contributed by atoms with Gasteiger partial charge >= 0.3 is 0 Å². The van der Waals surface area contributed by atoms with Crippen LogP contribution < -0.4 is 5.32 Å². The van der Waals surface area contributed by atoms with Gasteiger partial charge in [-0.2, -0.15) is 0 Å². The first-order valence-electron chi connectivity index (χ1n) is 3.29. The zero-order valence-corrected chi connectivity index (χ0v) is 6.57. The smallest absolute Gasteiger partial charge is 0.149 e. The van der Waals surface area contributed by atoms with Gasteiger partial charge in [0.05, 0.1) is 12.0 Å². The number of nitrogens with one attached hydrogen (secondary N) is 1. The Morgan fingerprint density at radius 1 is 1.55 bits per heavy atom. The molecule has 0 aliphatic rings. The van der Waals surface area contributed by atoms with Gasteiger partial charge in [0.25, 0.3) is 0 Å². The summed E-state index contributed by atoms with van der Waals surface area (Å²) < 4.78 is 0. The molecule has 58 valence electrons. The number of amidine groups is 1. The van der Waals surface area contributed by atoms with Crippen LogP contribution in [0.15, 0.2) is 23.6 Å². The number of hydrogen-bond acceptors (Lipinski definition) is 3. The van der Waals surface area contributed by atoms with Crippen LogP contribution in [0.3, 0.4) is 0 Å². The zero-order chi connectivity index (χ0) is 8.10. The van der Waals surface area contributed by atoms with E-state index < -0.39 is 0 Å². The van der Waals surface area contributed by atoms with Gasteiger partial charge in [0.2, 0.25) is 0 Å². The van der Waals surface area contributed by atoms with Crippen molar-refractivity contribution < 1.29 is 0 Å². The van der Waals surface area contributed by atoms with Crippen LogP contribution in [0.25, 0.3) is 0 Å². The SMILES string of the molecule is CN=C(C)Nc1cnccn1. The van der Waals surface area contributed by atoms with E-state index in [-0.39, 0.29) is 0 Å². The number of aliphatic imine (C=N–C) groups is 1. The van der Waals surface area contributed by atoms with E-state index in [9.17, 15) is 0 Å². The predicted molar refractivity (Wildman–Crippen MR) is 44.7 cm³/mol. The fourth-order valence-corrected chi connectivity index (χ4v) is 0.605. The molecule has 1 aromatic heterocycles. The van der Waals surface area contributed by atoms with E-state index in [1.54, 1.807) is 25.6 Å². The van der Waals surface area contributed by atoms with Crippen LogP contribution in [0.1, 0.15) is 6.92 Å². The van der Waals surface area contributed by atoms with Crippen LogP contribution >= 0.6 is 0 Å². The van der Waals surface area contributed by atoms with Crippen LogP contribution in [0.4, 0.5) is 5.82 Å². The van der Waals surface area contributed by atoms with Gasteiger partial charge in [-0.15, -0.1) is 0 Å². The Balaban J connectivity index is 2.65. The second-order valence-corrected chi connectivity index (χ2v) is 2.02. The third kappa shape index (κ3) is 2.33. The Hall–Kier alpha value is -1.45. The lowest BCUT2D eigenvalue weighted by atomic mass is 10.6. The molecule has 0 atom stereocenters. The van der Waals surface area contributed by atoms with Crippen molar-refractivity contribution >= 4 is 11.7 Å². The highest BCUT2D eigenvalue weighted by Crippen LogP contribution is 1.96. The molecular formula is C7H10N4. The molecule has 0 bridgehead atoms. The molecule has 0 aliphatic carbocycles. The predicted octanol–water partition coefficient (Wildman–Crippen LogP) is 0.937. The van der Waals surface area contributed by atoms with Gasteiger partial charge in [0, 0.05) is 19.4 Å². The normalized spacial score (nSPS) is 11.3. The van der Waals surface area contributed by atoms with E-state index in [4.69, 9.17) is 0 Å². The van der Waals surface area contributed by atoms with E-state index >= 15 is 0 Å². The number of anilines is 1. The van der Waals surface area contributed by atoms with Gasteiger partial charge in [-0.1, -0.05) is 0 Å². The lowest BCUT2D eigenvalue weighted by Gasteiger charge is -2.00. The minimum atomic E-state index is 0.718. The molecule has 0 unspecified atom stereocenters. The van der Waals surface area contributed by atoms with Gasteiger partial charge in [-0.25, -0.2) is 4.98 Å². The van der Waals surface area contributed by atoms with Crippen LogP contribution in [-0.2, 0) is 0 Å². The Kier molecular flexibility index (Phi) is 2.54. The summed E-state index contributed by atoms with van der Waals surface area (Å²) in [7, 11) is 1.72. The van der Waals surface area contributed by atoms with Crippen molar-refractivity contribution in [3.05, 3.63) is 18.6 Å². The summed E-state index contributed by atoms with van der Waals surface area (Å²) in [6.45, 7) is 1.87. The molecule has 1 aromatic rings. The lowest BCUT2D eigenvalue weighted by molar-refractivity contribution is 1.20. The molecule has 0 saturated carbocycles. The van der Waals surface area contributed by atoms with E-state index in [1.807, 2.05) is 6.92 Å². The number of hydrogen-bond donors (Lipinski definition) is 1. The highest BCUT2D eigenvalue weighted by atomic mass is 15.1. The van der Waals surface area contributed by atoms with Crippen molar-refractivity contribution in [3.63, 3.8) is 0 Å². The van der Waals surface area contributed by atoms with Gasteiger partial charge in [-0.05, 0) is 6.92 Å². The van der Waals surface area contributed by atoms with Gasteiger partial charge in [0.1, 0.15) is 5.82 Å². The first-order chi connectivity index (χ1) is 5.33. The average Bonchev–Trinajstić information content (AvgIpc) is 2.06. The van der Waals surface area contributed by atoms with Crippen LogP contribution in [0.2, 0.25) is 0 Å². The molecule has 1 heterocycles. The molecule has 0 aromatic carbocycles. The average molecular weight is 150 g/mol. The summed E-state index contributed by atoms with van der Waals surface area (Å²) in [6, 6.07) is 0. The lowest BCUT2D eigenvalue weighted by Crippen LogP contribution is -2.07. The van der Waals surface area contributed by atoms with E-state index in [0.717, 1.165) is 11.7 Å². The highest BCUT2D eigenvalue weighted by molar-refractivity contribution is 5.92. The topological polar surface area (TPSA) is 50.2 Å². The van der Waals surface area contributed by atoms with Gasteiger partial charge in [-0.3, -0.25) is 9.98 Å². The van der Waals surface area contributed by atoms with Crippen LogP contribution in [0, 0.1) is 0 Å². The second-order valence-electron chi connectivity index (χ2n) is 2.02. The minimum absolute atomic E-state index is 0.718. The molecule has 11 heavy (non-hydrogen) atoms. The largest absolute Gasteiger partial charge is 0.328 e. The molecule has 0 aliphatic heterocycles. The summed E-state index contributed by atoms with van der Waals surface area (Å²) >= 11 is 0. The molecular weight excluding hydrogens is 140 g/mol. The second kappa shape index (κ2) is 3.65. The number of rotatable bonds is 1. The van der Waals surface area contributed by atoms with Crippen molar-refractivity contribution in [1.82, 2.24) is 9.97 Å². The summed E-state index contributed by atoms with van der Waals surface area (Å²) in [5.41, 5.74) is 0. The molecule has 1 N–H and O–H groups in total. The summed E-state index contributed by atoms with van der Waals surface area (Å²) in [6.07, 6.45) is 4.91. The summed E-state index contributed by atoms with van der Waals surface area (Å²) in [5, 5.41) is 2.97. The maximum Gasteiger partial charge on any atom is 0.149 e. The summed E-state index contributed by atoms with van der Waals surface area (Å²) in [4.78, 5) is 11.8. The van der Waals surface area contributed by atoms with Crippen molar-refractivity contribution in [2.24, 2.45) is 4.99 Å². The standard InChI is InChI=1S/C7H10N4/c1-6(8-2)11-7-5-9-3-4-10-7/h3-5H,1-2H3,(H,8,10,11). The number of aromatic nitrogens is 2. The Morgan fingerprint density at radius 3 is 2.91 bits per heavy atom. The highest BCUT2D eigenvalue weighted by Gasteiger charge is 1.91. The van der Waals surface area contributed by atoms with Crippen molar-refractivity contribution in [3.8, 4) is 0 Å². The molecule has 0 spiro atoms. The summed E-state index contributed by atoms with van der Waals surface area (Å²) in [5.74, 6) is 1.54. The van der Waals surface area contributed by atoms with E-state index in [0.29, 0.717) is 0 Å². The molecule has 4 heteroatoms. The molecule has 4 nitrogen and oxygen atoms in total. The molecule has 0 amide bonds. The number of nitrogens with zero attached hydrogens (tertiary/aromatic N) is 3.